The summed E-state index contributed by atoms with van der Waals surface area (Å²) in [6.07, 6.45) is 5.84. The SMILES string of the molecule is CCCCc1cc2ccccc2c(S(=O)(=O)OC)c1CCCC.[H-].[Na+]. The number of benzene rings is 2. The van der Waals surface area contributed by atoms with Gasteiger partial charge >= 0.3 is 29.6 Å². The number of hydrogen-bond donors (Lipinski definition) is 0. The van der Waals surface area contributed by atoms with Crippen molar-refractivity contribution in [1.82, 2.24) is 0 Å². The van der Waals surface area contributed by atoms with E-state index >= 15 is 0 Å². The molecule has 0 amide bonds. The van der Waals surface area contributed by atoms with Crippen LogP contribution in [0.1, 0.15) is 52.1 Å². The van der Waals surface area contributed by atoms with Crippen molar-refractivity contribution >= 4 is 20.9 Å². The number of aryl methyl sites for hydroxylation is 1. The van der Waals surface area contributed by atoms with Gasteiger partial charge in [0.1, 0.15) is 4.90 Å². The van der Waals surface area contributed by atoms with Gasteiger partial charge in [-0.2, -0.15) is 8.42 Å². The predicted octanol–water partition coefficient (Wildman–Crippen LogP) is 1.98. The smallest absolute Gasteiger partial charge is 1.00 e. The third-order valence-corrected chi connectivity index (χ3v) is 5.65. The van der Waals surface area contributed by atoms with Gasteiger partial charge < -0.3 is 1.43 Å². The van der Waals surface area contributed by atoms with Crippen molar-refractivity contribution in [3.05, 3.63) is 41.5 Å². The standard InChI is InChI=1S/C19H26O3S.Na.H/c1-4-6-10-15-14-16-11-8-9-13-18(16)19(23(20,21)22-3)17(15)12-7-5-2;;/h8-9,11,13-14H,4-7,10,12H2,1-3H3;;/q;+1;-1. The Bertz CT molecular complexity index is 776. The number of hydrogen-bond acceptors (Lipinski definition) is 3. The molecule has 0 radical (unpaired) electrons. The van der Waals surface area contributed by atoms with Gasteiger partial charge in [-0.05, 0) is 42.2 Å². The van der Waals surface area contributed by atoms with E-state index in [0.717, 1.165) is 60.4 Å². The molecule has 3 nitrogen and oxygen atoms in total. The van der Waals surface area contributed by atoms with Crippen LogP contribution < -0.4 is 29.6 Å². The first kappa shape index (κ1) is 21.7. The van der Waals surface area contributed by atoms with Crippen molar-refractivity contribution in [2.75, 3.05) is 7.11 Å². The maximum absolute atomic E-state index is 12.6. The summed E-state index contributed by atoms with van der Waals surface area (Å²) >= 11 is 0. The molecule has 0 N–H and O–H groups in total. The molecule has 0 aliphatic rings. The topological polar surface area (TPSA) is 43.4 Å². The van der Waals surface area contributed by atoms with Crippen LogP contribution in [-0.2, 0) is 27.1 Å². The van der Waals surface area contributed by atoms with E-state index < -0.39 is 10.1 Å². The molecule has 0 spiro atoms. The quantitative estimate of drug-likeness (QED) is 0.535. The van der Waals surface area contributed by atoms with Gasteiger partial charge in [-0.3, -0.25) is 4.18 Å². The minimum Gasteiger partial charge on any atom is -1.00 e. The molecular formula is C19H27NaO3S. The Morgan fingerprint density at radius 1 is 1.04 bits per heavy atom. The second kappa shape index (κ2) is 9.93. The summed E-state index contributed by atoms with van der Waals surface area (Å²) in [5, 5.41) is 1.73. The third-order valence-electron chi connectivity index (χ3n) is 4.25. The van der Waals surface area contributed by atoms with Crippen LogP contribution in [0.15, 0.2) is 35.2 Å². The summed E-state index contributed by atoms with van der Waals surface area (Å²) in [7, 11) is -2.49. The summed E-state index contributed by atoms with van der Waals surface area (Å²) in [6.45, 7) is 4.27. The normalized spacial score (nSPS) is 11.5. The van der Waals surface area contributed by atoms with Crippen LogP contribution in [0.4, 0.5) is 0 Å². The average molecular weight is 358 g/mol. The maximum Gasteiger partial charge on any atom is 1.00 e. The largest absolute Gasteiger partial charge is 1.00 e. The molecule has 0 aliphatic carbocycles. The van der Waals surface area contributed by atoms with Crippen molar-refractivity contribution < 1.29 is 43.6 Å². The Balaban J connectivity index is 0.00000288. The van der Waals surface area contributed by atoms with Crippen LogP contribution in [0.3, 0.4) is 0 Å². The van der Waals surface area contributed by atoms with Crippen LogP contribution >= 0.6 is 0 Å². The summed E-state index contributed by atoms with van der Waals surface area (Å²) in [6, 6.07) is 9.83. The van der Waals surface area contributed by atoms with Crippen LogP contribution in [0.5, 0.6) is 0 Å². The van der Waals surface area contributed by atoms with Gasteiger partial charge in [0, 0.05) is 5.39 Å². The van der Waals surface area contributed by atoms with Crippen LogP contribution in [-0.4, -0.2) is 15.5 Å². The summed E-state index contributed by atoms with van der Waals surface area (Å²) < 4.78 is 30.1. The van der Waals surface area contributed by atoms with Crippen molar-refractivity contribution in [3.63, 3.8) is 0 Å². The van der Waals surface area contributed by atoms with E-state index in [1.807, 2.05) is 24.3 Å². The van der Waals surface area contributed by atoms with Crippen LogP contribution in [0.25, 0.3) is 10.8 Å². The zero-order chi connectivity index (χ0) is 16.9. The molecule has 2 aromatic carbocycles. The molecule has 0 heterocycles. The predicted molar refractivity (Wildman–Crippen MR) is 96.5 cm³/mol. The molecular weight excluding hydrogens is 331 g/mol. The number of rotatable bonds is 8. The first-order valence-corrected chi connectivity index (χ1v) is 9.80. The molecule has 0 aliphatic heterocycles. The molecule has 0 saturated carbocycles. The molecule has 0 saturated heterocycles. The monoisotopic (exact) mass is 358 g/mol. The zero-order valence-corrected chi connectivity index (χ0v) is 18.1. The summed E-state index contributed by atoms with van der Waals surface area (Å²) in [5.74, 6) is 0. The van der Waals surface area contributed by atoms with E-state index in [2.05, 4.69) is 19.9 Å². The van der Waals surface area contributed by atoms with Crippen molar-refractivity contribution in [1.29, 1.82) is 0 Å². The van der Waals surface area contributed by atoms with Gasteiger partial charge in [0.2, 0.25) is 0 Å². The Hall–Kier alpha value is -0.390. The molecule has 2 aromatic rings. The molecule has 0 fully saturated rings. The minimum absolute atomic E-state index is 0. The van der Waals surface area contributed by atoms with E-state index in [4.69, 9.17) is 4.18 Å². The van der Waals surface area contributed by atoms with Crippen LogP contribution in [0, 0.1) is 0 Å². The summed E-state index contributed by atoms with van der Waals surface area (Å²) in [5.41, 5.74) is 2.09. The van der Waals surface area contributed by atoms with Crippen molar-refractivity contribution in [3.8, 4) is 0 Å². The van der Waals surface area contributed by atoms with E-state index in [0.29, 0.717) is 4.90 Å². The first-order valence-electron chi connectivity index (χ1n) is 8.39. The Kier molecular flexibility index (Phi) is 8.96. The molecule has 2 rings (SSSR count). The summed E-state index contributed by atoms with van der Waals surface area (Å²) in [4.78, 5) is 0.373. The average Bonchev–Trinajstić information content (AvgIpc) is 2.57. The van der Waals surface area contributed by atoms with E-state index in [9.17, 15) is 8.42 Å². The van der Waals surface area contributed by atoms with Gasteiger partial charge in [-0.15, -0.1) is 0 Å². The Morgan fingerprint density at radius 3 is 2.29 bits per heavy atom. The Morgan fingerprint density at radius 2 is 1.67 bits per heavy atom. The van der Waals surface area contributed by atoms with Gasteiger partial charge in [0.05, 0.1) is 7.11 Å². The van der Waals surface area contributed by atoms with Gasteiger partial charge in [-0.25, -0.2) is 0 Å². The molecule has 24 heavy (non-hydrogen) atoms. The second-order valence-corrected chi connectivity index (χ2v) is 7.54. The van der Waals surface area contributed by atoms with E-state index in [-0.39, 0.29) is 31.0 Å². The molecule has 128 valence electrons. The van der Waals surface area contributed by atoms with Crippen molar-refractivity contribution in [2.24, 2.45) is 0 Å². The first-order chi connectivity index (χ1) is 11.0. The fraction of sp³-hybridized carbons (Fsp3) is 0.474. The van der Waals surface area contributed by atoms with Gasteiger partial charge in [-0.1, -0.05) is 57.0 Å². The second-order valence-electron chi connectivity index (χ2n) is 5.89. The molecule has 0 aromatic heterocycles. The zero-order valence-electron chi connectivity index (χ0n) is 16.3. The molecule has 0 bridgehead atoms. The third kappa shape index (κ3) is 4.83. The Labute approximate surface area is 169 Å². The minimum atomic E-state index is -3.73. The van der Waals surface area contributed by atoms with Crippen LogP contribution in [0.2, 0.25) is 0 Å². The van der Waals surface area contributed by atoms with Gasteiger partial charge in [0.15, 0.2) is 0 Å². The fourth-order valence-corrected chi connectivity index (χ4v) is 4.16. The van der Waals surface area contributed by atoms with E-state index in [1.165, 1.54) is 7.11 Å². The fourth-order valence-electron chi connectivity index (χ4n) is 3.00. The maximum atomic E-state index is 12.6. The van der Waals surface area contributed by atoms with Gasteiger partial charge in [0.25, 0.3) is 10.1 Å². The number of unbranched alkanes of at least 4 members (excludes halogenated alkanes) is 2. The van der Waals surface area contributed by atoms with E-state index in [1.54, 1.807) is 0 Å². The van der Waals surface area contributed by atoms with Crippen molar-refractivity contribution in [2.45, 2.75) is 57.3 Å². The molecule has 5 heteroatoms. The molecule has 0 atom stereocenters. The number of fused-ring (bicyclic) bond motifs is 1. The molecule has 0 unspecified atom stereocenters.